The lowest BCUT2D eigenvalue weighted by Gasteiger charge is -2.24. The number of anilines is 1. The Labute approximate surface area is 194 Å². The van der Waals surface area contributed by atoms with Crippen LogP contribution in [-0.2, 0) is 21.2 Å². The number of thioether (sulfide) groups is 1. The van der Waals surface area contributed by atoms with Crippen LogP contribution < -0.4 is 9.62 Å². The number of carbonyl (C=O) groups is 1. The number of hydrogen-bond acceptors (Lipinski definition) is 4. The molecule has 0 radical (unpaired) electrons. The zero-order chi connectivity index (χ0) is 23.0. The number of aryl methyl sites for hydroxylation is 2. The van der Waals surface area contributed by atoms with Crippen molar-refractivity contribution in [2.24, 2.45) is 0 Å². The van der Waals surface area contributed by atoms with E-state index in [1.54, 1.807) is 48.2 Å². The smallest absolute Gasteiger partial charge is 0.264 e. The van der Waals surface area contributed by atoms with E-state index in [1.165, 1.54) is 4.31 Å². The predicted molar refractivity (Wildman–Crippen MR) is 132 cm³/mol. The van der Waals surface area contributed by atoms with Crippen molar-refractivity contribution in [2.45, 2.75) is 30.1 Å². The maximum absolute atomic E-state index is 13.4. The van der Waals surface area contributed by atoms with Crippen LogP contribution in [0, 0.1) is 6.92 Å². The summed E-state index contributed by atoms with van der Waals surface area (Å²) < 4.78 is 28.0. The minimum Gasteiger partial charge on any atom is -0.354 e. The lowest BCUT2D eigenvalue weighted by Crippen LogP contribution is -2.41. The zero-order valence-corrected chi connectivity index (χ0v) is 20.0. The van der Waals surface area contributed by atoms with Gasteiger partial charge in [-0.2, -0.15) is 0 Å². The summed E-state index contributed by atoms with van der Waals surface area (Å²) in [6, 6.07) is 23.9. The number of benzene rings is 3. The highest BCUT2D eigenvalue weighted by Gasteiger charge is 2.27. The van der Waals surface area contributed by atoms with Crippen molar-refractivity contribution in [1.82, 2.24) is 5.32 Å². The van der Waals surface area contributed by atoms with Gasteiger partial charge in [-0.25, -0.2) is 8.42 Å². The Kier molecular flexibility index (Phi) is 8.36. The van der Waals surface area contributed by atoms with Gasteiger partial charge in [-0.05, 0) is 55.3 Å². The van der Waals surface area contributed by atoms with Gasteiger partial charge >= 0.3 is 0 Å². The molecule has 0 aliphatic carbocycles. The molecule has 32 heavy (non-hydrogen) atoms. The monoisotopic (exact) mass is 468 g/mol. The summed E-state index contributed by atoms with van der Waals surface area (Å²) in [7, 11) is -3.89. The average Bonchev–Trinajstić information content (AvgIpc) is 2.81. The van der Waals surface area contributed by atoms with Crippen molar-refractivity contribution in [3.8, 4) is 0 Å². The molecule has 0 atom stereocenters. The van der Waals surface area contributed by atoms with Gasteiger partial charge in [-0.3, -0.25) is 9.10 Å². The Morgan fingerprint density at radius 3 is 2.22 bits per heavy atom. The highest BCUT2D eigenvalue weighted by atomic mass is 32.2. The zero-order valence-electron chi connectivity index (χ0n) is 18.3. The maximum atomic E-state index is 13.4. The Morgan fingerprint density at radius 1 is 0.938 bits per heavy atom. The van der Waals surface area contributed by atoms with Gasteiger partial charge in [0.15, 0.2) is 0 Å². The van der Waals surface area contributed by atoms with Gasteiger partial charge in [0.25, 0.3) is 10.0 Å². The van der Waals surface area contributed by atoms with Gasteiger partial charge < -0.3 is 5.32 Å². The molecule has 0 fully saturated rings. The molecule has 0 spiro atoms. The molecule has 0 bridgehead atoms. The van der Waals surface area contributed by atoms with Crippen LogP contribution in [0.5, 0.6) is 0 Å². The molecule has 0 aromatic heterocycles. The Balaban J connectivity index is 1.73. The Bertz CT molecular complexity index is 1110. The minimum atomic E-state index is -3.89. The van der Waals surface area contributed by atoms with E-state index in [9.17, 15) is 13.2 Å². The topological polar surface area (TPSA) is 66.5 Å². The number of nitrogens with one attached hydrogen (secondary N) is 1. The van der Waals surface area contributed by atoms with Crippen LogP contribution in [-0.4, -0.2) is 33.2 Å². The van der Waals surface area contributed by atoms with E-state index in [0.29, 0.717) is 18.0 Å². The summed E-state index contributed by atoms with van der Waals surface area (Å²) in [5.74, 6) is 0.361. The fourth-order valence-corrected chi connectivity index (χ4v) is 5.32. The van der Waals surface area contributed by atoms with Gasteiger partial charge in [0.1, 0.15) is 6.54 Å². The molecule has 0 aliphatic heterocycles. The summed E-state index contributed by atoms with van der Waals surface area (Å²) in [5, 5.41) is 2.84. The molecule has 7 heteroatoms. The number of carbonyl (C=O) groups excluding carboxylic acids is 1. The van der Waals surface area contributed by atoms with Gasteiger partial charge in [-0.1, -0.05) is 55.0 Å². The molecule has 1 N–H and O–H groups in total. The van der Waals surface area contributed by atoms with E-state index in [-0.39, 0.29) is 17.3 Å². The third kappa shape index (κ3) is 6.37. The first kappa shape index (κ1) is 23.9. The number of rotatable bonds is 10. The predicted octanol–water partition coefficient (Wildman–Crippen LogP) is 4.66. The molecule has 0 aliphatic rings. The molecule has 0 saturated heterocycles. The van der Waals surface area contributed by atoms with Crippen LogP contribution in [0.3, 0.4) is 0 Å². The van der Waals surface area contributed by atoms with Gasteiger partial charge in [0, 0.05) is 17.2 Å². The highest BCUT2D eigenvalue weighted by Crippen LogP contribution is 2.24. The molecular formula is C25H28N2O3S2. The number of hydrogen-bond donors (Lipinski definition) is 1. The van der Waals surface area contributed by atoms with E-state index in [0.717, 1.165) is 22.4 Å². The van der Waals surface area contributed by atoms with Crippen molar-refractivity contribution < 1.29 is 13.2 Å². The van der Waals surface area contributed by atoms with Crippen molar-refractivity contribution in [1.29, 1.82) is 0 Å². The molecule has 0 saturated carbocycles. The lowest BCUT2D eigenvalue weighted by atomic mass is 10.1. The average molecular weight is 469 g/mol. The standard InChI is InChI=1S/C25H28N2O3S2/c1-3-21-11-13-22(14-12-21)27(32(29,30)24-15-9-20(2)10-16-24)19-25(28)26-17-18-31-23-7-5-4-6-8-23/h4-16H,3,17-19H2,1-2H3,(H,26,28). The van der Waals surface area contributed by atoms with Gasteiger partial charge in [0.2, 0.25) is 5.91 Å². The fourth-order valence-electron chi connectivity index (χ4n) is 3.11. The summed E-state index contributed by atoms with van der Waals surface area (Å²) in [5.41, 5.74) is 2.54. The molecule has 3 rings (SSSR count). The first-order valence-corrected chi connectivity index (χ1v) is 13.0. The third-order valence-corrected chi connectivity index (χ3v) is 7.77. The summed E-state index contributed by atoms with van der Waals surface area (Å²) in [4.78, 5) is 14.0. The minimum absolute atomic E-state index is 0.162. The van der Waals surface area contributed by atoms with E-state index in [1.807, 2.05) is 56.3 Å². The summed E-state index contributed by atoms with van der Waals surface area (Å²) in [6.07, 6.45) is 0.852. The molecule has 3 aromatic rings. The molecule has 0 heterocycles. The fraction of sp³-hybridized carbons (Fsp3) is 0.240. The summed E-state index contributed by atoms with van der Waals surface area (Å²) in [6.45, 7) is 4.11. The van der Waals surface area contributed by atoms with E-state index in [4.69, 9.17) is 0 Å². The number of sulfonamides is 1. The number of nitrogens with zero attached hydrogens (tertiary/aromatic N) is 1. The van der Waals surface area contributed by atoms with Crippen LogP contribution in [0.15, 0.2) is 88.7 Å². The molecule has 5 nitrogen and oxygen atoms in total. The van der Waals surface area contributed by atoms with E-state index in [2.05, 4.69) is 5.32 Å². The van der Waals surface area contributed by atoms with Crippen molar-refractivity contribution in [3.63, 3.8) is 0 Å². The van der Waals surface area contributed by atoms with Crippen molar-refractivity contribution in [2.75, 3.05) is 23.1 Å². The van der Waals surface area contributed by atoms with Crippen molar-refractivity contribution >= 4 is 33.4 Å². The van der Waals surface area contributed by atoms with E-state index < -0.39 is 10.0 Å². The van der Waals surface area contributed by atoms with Crippen LogP contribution in [0.2, 0.25) is 0 Å². The highest BCUT2D eigenvalue weighted by molar-refractivity contribution is 7.99. The first-order chi connectivity index (χ1) is 15.4. The van der Waals surface area contributed by atoms with Crippen LogP contribution in [0.1, 0.15) is 18.1 Å². The van der Waals surface area contributed by atoms with E-state index >= 15 is 0 Å². The normalized spacial score (nSPS) is 11.2. The Morgan fingerprint density at radius 2 is 1.59 bits per heavy atom. The van der Waals surface area contributed by atoms with Gasteiger partial charge in [0.05, 0.1) is 10.6 Å². The second kappa shape index (κ2) is 11.2. The quantitative estimate of drug-likeness (QED) is 0.347. The molecular weight excluding hydrogens is 440 g/mol. The van der Waals surface area contributed by atoms with Crippen LogP contribution in [0.25, 0.3) is 0 Å². The lowest BCUT2D eigenvalue weighted by molar-refractivity contribution is -0.119. The molecule has 168 valence electrons. The maximum Gasteiger partial charge on any atom is 0.264 e. The SMILES string of the molecule is CCc1ccc(N(CC(=O)NCCSc2ccccc2)S(=O)(=O)c2ccc(C)cc2)cc1. The second-order valence-corrected chi connectivity index (χ2v) is 10.4. The molecule has 0 unspecified atom stereocenters. The second-order valence-electron chi connectivity index (χ2n) is 7.36. The largest absolute Gasteiger partial charge is 0.354 e. The van der Waals surface area contributed by atoms with Crippen LogP contribution >= 0.6 is 11.8 Å². The van der Waals surface area contributed by atoms with Crippen LogP contribution in [0.4, 0.5) is 5.69 Å². The van der Waals surface area contributed by atoms with Gasteiger partial charge in [-0.15, -0.1) is 11.8 Å². The van der Waals surface area contributed by atoms with Crippen molar-refractivity contribution in [3.05, 3.63) is 90.0 Å². The Hall–Kier alpha value is -2.77. The first-order valence-electron chi connectivity index (χ1n) is 10.5. The molecule has 1 amide bonds. The number of amides is 1. The summed E-state index contributed by atoms with van der Waals surface area (Å²) >= 11 is 1.64. The molecule has 3 aromatic carbocycles. The third-order valence-electron chi connectivity index (χ3n) is 4.96.